The second kappa shape index (κ2) is 6.78. The van der Waals surface area contributed by atoms with Gasteiger partial charge in [-0.2, -0.15) is 0 Å². The first-order valence-corrected chi connectivity index (χ1v) is 7.39. The smallest absolute Gasteiger partial charge is 0.358 e. The Morgan fingerprint density at radius 2 is 2.04 bits per heavy atom. The van der Waals surface area contributed by atoms with E-state index < -0.39 is 10.5 Å². The van der Waals surface area contributed by atoms with E-state index in [1.165, 1.54) is 17.1 Å². The molecule has 1 heterocycles. The second-order valence-electron chi connectivity index (χ2n) is 5.66. The topological polar surface area (TPSA) is 90.1 Å². The summed E-state index contributed by atoms with van der Waals surface area (Å²) in [4.78, 5) is 25.7. The molecular formula is C15H17ClN4O3. The zero-order valence-corrected chi connectivity index (χ0v) is 13.6. The molecule has 1 amide bonds. The predicted octanol–water partition coefficient (Wildman–Crippen LogP) is 2.89. The molecule has 1 aromatic carbocycles. The number of amides is 1. The quantitative estimate of drug-likeness (QED) is 0.648. The van der Waals surface area contributed by atoms with Crippen LogP contribution in [-0.2, 0) is 16.9 Å². The monoisotopic (exact) mass is 336 g/mol. The van der Waals surface area contributed by atoms with Gasteiger partial charge in [-0.3, -0.25) is 4.79 Å². The van der Waals surface area contributed by atoms with Crippen molar-refractivity contribution in [3.63, 3.8) is 0 Å². The van der Waals surface area contributed by atoms with Crippen molar-refractivity contribution in [1.82, 2.24) is 14.9 Å². The largest absolute Gasteiger partial charge is 0.381 e. The maximum absolute atomic E-state index is 12.1. The van der Waals surface area contributed by atoms with Crippen LogP contribution in [0.2, 0.25) is 5.02 Å². The van der Waals surface area contributed by atoms with Crippen LogP contribution in [-0.4, -0.2) is 20.4 Å². The van der Waals surface area contributed by atoms with Crippen LogP contribution in [0.5, 0.6) is 0 Å². The molecule has 0 fully saturated rings. The van der Waals surface area contributed by atoms with E-state index in [0.717, 1.165) is 5.56 Å². The Morgan fingerprint density at radius 3 is 2.61 bits per heavy atom. The minimum Gasteiger partial charge on any atom is -0.358 e. The van der Waals surface area contributed by atoms with Crippen LogP contribution in [0.4, 0.5) is 5.82 Å². The summed E-state index contributed by atoms with van der Waals surface area (Å²) in [5.41, 5.74) is 0.399. The molecule has 0 aliphatic rings. The molecule has 0 bridgehead atoms. The van der Waals surface area contributed by atoms with Gasteiger partial charge >= 0.3 is 5.82 Å². The van der Waals surface area contributed by atoms with Crippen LogP contribution in [0, 0.1) is 10.1 Å². The zero-order valence-electron chi connectivity index (χ0n) is 12.8. The van der Waals surface area contributed by atoms with Gasteiger partial charge < -0.3 is 20.0 Å². The van der Waals surface area contributed by atoms with Crippen molar-refractivity contribution in [2.45, 2.75) is 32.4 Å². The molecule has 0 saturated heterocycles. The fourth-order valence-corrected chi connectivity index (χ4v) is 2.27. The van der Waals surface area contributed by atoms with Crippen LogP contribution >= 0.6 is 11.6 Å². The highest BCUT2D eigenvalue weighted by atomic mass is 35.5. The van der Waals surface area contributed by atoms with Crippen LogP contribution in [0.3, 0.4) is 0 Å². The van der Waals surface area contributed by atoms with Crippen molar-refractivity contribution in [2.75, 3.05) is 0 Å². The average Bonchev–Trinajstić information content (AvgIpc) is 2.94. The Balaban J connectivity index is 1.92. The normalized spacial score (nSPS) is 11.3. The lowest BCUT2D eigenvalue weighted by atomic mass is 9.94. The van der Waals surface area contributed by atoms with Gasteiger partial charge in [0.25, 0.3) is 0 Å². The van der Waals surface area contributed by atoms with Crippen LogP contribution in [0.25, 0.3) is 0 Å². The standard InChI is InChI=1S/C15H17ClN4O3/c1-15(2,11-3-5-12(16)6-4-11)18-14(21)7-8-19-9-13(17-10-19)20(22)23/h3-6,9-10H,7-8H2,1-2H3,(H,18,21). The molecule has 0 spiro atoms. The van der Waals surface area contributed by atoms with Gasteiger partial charge in [0.15, 0.2) is 0 Å². The highest BCUT2D eigenvalue weighted by Crippen LogP contribution is 2.22. The van der Waals surface area contributed by atoms with Gasteiger partial charge in [0.2, 0.25) is 12.2 Å². The molecule has 0 radical (unpaired) electrons. The molecule has 0 unspecified atom stereocenters. The van der Waals surface area contributed by atoms with E-state index in [1.54, 1.807) is 12.1 Å². The Kier molecular flexibility index (Phi) is 5.00. The van der Waals surface area contributed by atoms with Crippen molar-refractivity contribution in [2.24, 2.45) is 0 Å². The number of carbonyl (C=O) groups is 1. The van der Waals surface area contributed by atoms with Crippen LogP contribution < -0.4 is 5.32 Å². The van der Waals surface area contributed by atoms with Gasteiger partial charge in [0.1, 0.15) is 6.20 Å². The lowest BCUT2D eigenvalue weighted by Crippen LogP contribution is -2.41. The Bertz CT molecular complexity index is 710. The maximum Gasteiger partial charge on any atom is 0.381 e. The number of nitro groups is 1. The highest BCUT2D eigenvalue weighted by molar-refractivity contribution is 6.30. The second-order valence-corrected chi connectivity index (χ2v) is 6.09. The van der Waals surface area contributed by atoms with E-state index in [2.05, 4.69) is 10.3 Å². The van der Waals surface area contributed by atoms with E-state index in [0.29, 0.717) is 11.6 Å². The summed E-state index contributed by atoms with van der Waals surface area (Å²) >= 11 is 5.87. The van der Waals surface area contributed by atoms with Crippen LogP contribution in [0.1, 0.15) is 25.8 Å². The van der Waals surface area contributed by atoms with Crippen LogP contribution in [0.15, 0.2) is 36.8 Å². The third kappa shape index (κ3) is 4.53. The molecule has 0 aliphatic heterocycles. The molecule has 23 heavy (non-hydrogen) atoms. The summed E-state index contributed by atoms with van der Waals surface area (Å²) in [5.74, 6) is -0.381. The predicted molar refractivity (Wildman–Crippen MR) is 86.1 cm³/mol. The van der Waals surface area contributed by atoms with Crippen molar-refractivity contribution in [1.29, 1.82) is 0 Å². The summed E-state index contributed by atoms with van der Waals surface area (Å²) in [6.45, 7) is 4.12. The first kappa shape index (κ1) is 17.0. The number of hydrogen-bond donors (Lipinski definition) is 1. The van der Waals surface area contributed by atoms with E-state index in [1.807, 2.05) is 26.0 Å². The van der Waals surface area contributed by atoms with E-state index in [-0.39, 0.29) is 18.1 Å². The molecule has 2 aromatic rings. The zero-order chi connectivity index (χ0) is 17.0. The first-order chi connectivity index (χ1) is 10.8. The summed E-state index contributed by atoms with van der Waals surface area (Å²) in [6, 6.07) is 7.27. The highest BCUT2D eigenvalue weighted by Gasteiger charge is 2.22. The minimum absolute atomic E-state index is 0.152. The Hall–Kier alpha value is -2.41. The van der Waals surface area contributed by atoms with Gasteiger partial charge in [0.05, 0.1) is 5.54 Å². The minimum atomic E-state index is -0.569. The SMILES string of the molecule is CC(C)(NC(=O)CCn1cnc([N+](=O)[O-])c1)c1ccc(Cl)cc1. The summed E-state index contributed by atoms with van der Waals surface area (Å²) in [7, 11) is 0. The van der Waals surface area contributed by atoms with Crippen molar-refractivity contribution in [3.05, 3.63) is 57.5 Å². The molecule has 0 aliphatic carbocycles. The number of nitrogens with one attached hydrogen (secondary N) is 1. The molecule has 1 N–H and O–H groups in total. The number of aromatic nitrogens is 2. The fraction of sp³-hybridized carbons (Fsp3) is 0.333. The van der Waals surface area contributed by atoms with E-state index >= 15 is 0 Å². The van der Waals surface area contributed by atoms with Gasteiger partial charge in [-0.05, 0) is 41.5 Å². The number of imidazole rings is 1. The number of halogens is 1. The Labute approximate surface area is 138 Å². The van der Waals surface area contributed by atoms with E-state index in [4.69, 9.17) is 11.6 Å². The number of nitrogens with zero attached hydrogens (tertiary/aromatic N) is 3. The van der Waals surface area contributed by atoms with Crippen molar-refractivity contribution in [3.8, 4) is 0 Å². The Morgan fingerprint density at radius 1 is 1.39 bits per heavy atom. The molecule has 122 valence electrons. The summed E-state index contributed by atoms with van der Waals surface area (Å²) in [6.07, 6.45) is 2.85. The maximum atomic E-state index is 12.1. The van der Waals surface area contributed by atoms with Gasteiger partial charge in [-0.25, -0.2) is 0 Å². The lowest BCUT2D eigenvalue weighted by Gasteiger charge is -2.27. The van der Waals surface area contributed by atoms with Crippen molar-refractivity contribution >= 4 is 23.3 Å². The van der Waals surface area contributed by atoms with Gasteiger partial charge in [-0.1, -0.05) is 23.7 Å². The molecule has 0 atom stereocenters. The summed E-state index contributed by atoms with van der Waals surface area (Å²) in [5, 5.41) is 14.1. The molecule has 1 aromatic heterocycles. The van der Waals surface area contributed by atoms with Gasteiger partial charge in [-0.15, -0.1) is 0 Å². The lowest BCUT2D eigenvalue weighted by molar-refractivity contribution is -0.389. The molecular weight excluding hydrogens is 320 g/mol. The molecule has 8 heteroatoms. The molecule has 7 nitrogen and oxygen atoms in total. The number of rotatable bonds is 6. The third-order valence-electron chi connectivity index (χ3n) is 3.42. The number of carbonyl (C=O) groups excluding carboxylic acids is 1. The van der Waals surface area contributed by atoms with Gasteiger partial charge in [0, 0.05) is 18.0 Å². The molecule has 0 saturated carbocycles. The molecule has 2 rings (SSSR count). The van der Waals surface area contributed by atoms with E-state index in [9.17, 15) is 14.9 Å². The third-order valence-corrected chi connectivity index (χ3v) is 3.67. The number of benzene rings is 1. The van der Waals surface area contributed by atoms with Crippen molar-refractivity contribution < 1.29 is 9.72 Å². The fourth-order valence-electron chi connectivity index (χ4n) is 2.15. The first-order valence-electron chi connectivity index (χ1n) is 7.01. The number of aryl methyl sites for hydroxylation is 1. The average molecular weight is 337 g/mol. The summed E-state index contributed by atoms with van der Waals surface area (Å²) < 4.78 is 1.52. The number of hydrogen-bond acceptors (Lipinski definition) is 4.